The zero-order chi connectivity index (χ0) is 14.5. The quantitative estimate of drug-likeness (QED) is 0.685. The van der Waals surface area contributed by atoms with Crippen LogP contribution in [-0.2, 0) is 21.4 Å². The third-order valence-corrected chi connectivity index (χ3v) is 3.22. The van der Waals surface area contributed by atoms with Gasteiger partial charge in [-0.25, -0.2) is 13.1 Å². The number of carbonyl (C=O) groups is 1. The Morgan fingerprint density at radius 2 is 2.11 bits per heavy atom. The largest absolute Gasteiger partial charge is 0.367 e. The summed E-state index contributed by atoms with van der Waals surface area (Å²) in [5.41, 5.74) is 0.941. The monoisotopic (exact) mass is 287 g/mol. The third-order valence-electron chi connectivity index (χ3n) is 2.51. The molecule has 19 heavy (non-hydrogen) atoms. The summed E-state index contributed by atoms with van der Waals surface area (Å²) in [6.45, 7) is 4.26. The lowest BCUT2D eigenvalue weighted by molar-refractivity contribution is -0.123. The number of aromatic nitrogens is 1. The van der Waals surface area contributed by atoms with Gasteiger partial charge in [-0.1, -0.05) is 13.8 Å². The molecule has 0 bridgehead atoms. The normalized spacial score (nSPS) is 13.5. The molecule has 3 N–H and O–H groups in total. The van der Waals surface area contributed by atoms with Gasteiger partial charge in [0.25, 0.3) is 0 Å². The van der Waals surface area contributed by atoms with Crippen LogP contribution in [0.1, 0.15) is 25.8 Å². The molecule has 0 saturated heterocycles. The van der Waals surface area contributed by atoms with Crippen LogP contribution in [0.25, 0.3) is 0 Å². The summed E-state index contributed by atoms with van der Waals surface area (Å²) >= 11 is 0. The summed E-state index contributed by atoms with van der Waals surface area (Å²) in [6, 6.07) is 1.12. The Labute approximate surface area is 114 Å². The Balaban J connectivity index is 2.60. The summed E-state index contributed by atoms with van der Waals surface area (Å²) in [5, 5.41) is 2.73. The molecule has 0 aliphatic heterocycles. The highest BCUT2D eigenvalue weighted by molar-refractivity contribution is 7.88. The fourth-order valence-electron chi connectivity index (χ4n) is 1.72. The first kappa shape index (κ1) is 15.7. The minimum Gasteiger partial charge on any atom is -0.367 e. The van der Waals surface area contributed by atoms with Gasteiger partial charge in [0.05, 0.1) is 6.26 Å². The molecule has 1 heterocycles. The number of hydrogen-bond acceptors (Lipinski definition) is 3. The fourth-order valence-corrected chi connectivity index (χ4v) is 2.44. The summed E-state index contributed by atoms with van der Waals surface area (Å²) in [6.07, 6.45) is 5.06. The lowest BCUT2D eigenvalue weighted by Crippen LogP contribution is -2.46. The molecule has 1 amide bonds. The predicted octanol–water partition coefficient (Wildman–Crippen LogP) is 0.595. The number of rotatable bonds is 7. The van der Waals surface area contributed by atoms with Crippen molar-refractivity contribution in [3.05, 3.63) is 24.0 Å². The average molecular weight is 287 g/mol. The lowest BCUT2D eigenvalue weighted by Gasteiger charge is -2.18. The first-order valence-electron chi connectivity index (χ1n) is 6.14. The van der Waals surface area contributed by atoms with Gasteiger partial charge in [0.15, 0.2) is 0 Å². The molecule has 0 saturated carbocycles. The first-order chi connectivity index (χ1) is 8.78. The zero-order valence-electron chi connectivity index (χ0n) is 11.4. The fraction of sp³-hybridized carbons (Fsp3) is 0.583. The van der Waals surface area contributed by atoms with E-state index in [0.717, 1.165) is 11.8 Å². The van der Waals surface area contributed by atoms with E-state index in [9.17, 15) is 13.2 Å². The molecule has 1 aromatic rings. The highest BCUT2D eigenvalue weighted by atomic mass is 32.2. The summed E-state index contributed by atoms with van der Waals surface area (Å²) in [5.74, 6) is -0.0856. The Morgan fingerprint density at radius 1 is 1.42 bits per heavy atom. The minimum atomic E-state index is -3.40. The minimum absolute atomic E-state index is 0.220. The van der Waals surface area contributed by atoms with E-state index in [2.05, 4.69) is 15.0 Å². The molecular formula is C12H21N3O3S. The van der Waals surface area contributed by atoms with Crippen molar-refractivity contribution in [1.29, 1.82) is 0 Å². The molecule has 0 spiro atoms. The van der Waals surface area contributed by atoms with Gasteiger partial charge < -0.3 is 10.3 Å². The van der Waals surface area contributed by atoms with Crippen molar-refractivity contribution in [3.63, 3.8) is 0 Å². The van der Waals surface area contributed by atoms with E-state index >= 15 is 0 Å². The van der Waals surface area contributed by atoms with E-state index in [0.29, 0.717) is 13.0 Å². The second-order valence-corrected chi connectivity index (χ2v) is 6.79. The van der Waals surface area contributed by atoms with E-state index in [1.807, 2.05) is 19.9 Å². The molecule has 1 rings (SSSR count). The van der Waals surface area contributed by atoms with E-state index in [1.54, 1.807) is 12.4 Å². The van der Waals surface area contributed by atoms with Crippen LogP contribution < -0.4 is 10.0 Å². The van der Waals surface area contributed by atoms with Crippen molar-refractivity contribution in [2.75, 3.05) is 6.26 Å². The maximum atomic E-state index is 12.0. The van der Waals surface area contributed by atoms with E-state index in [-0.39, 0.29) is 11.8 Å². The van der Waals surface area contributed by atoms with Crippen LogP contribution >= 0.6 is 0 Å². The average Bonchev–Trinajstić information content (AvgIpc) is 2.75. The van der Waals surface area contributed by atoms with Gasteiger partial charge in [-0.05, 0) is 24.0 Å². The van der Waals surface area contributed by atoms with Crippen LogP contribution in [0.2, 0.25) is 0 Å². The zero-order valence-corrected chi connectivity index (χ0v) is 12.3. The Kier molecular flexibility index (Phi) is 5.56. The Bertz CT molecular complexity index is 494. The number of sulfonamides is 1. The molecule has 7 heteroatoms. The summed E-state index contributed by atoms with van der Waals surface area (Å²) in [4.78, 5) is 14.9. The van der Waals surface area contributed by atoms with E-state index in [1.165, 1.54) is 0 Å². The number of carbonyl (C=O) groups excluding carboxylic acids is 1. The maximum absolute atomic E-state index is 12.0. The number of hydrogen-bond donors (Lipinski definition) is 3. The molecule has 108 valence electrons. The van der Waals surface area contributed by atoms with Crippen molar-refractivity contribution in [1.82, 2.24) is 15.0 Å². The van der Waals surface area contributed by atoms with E-state index < -0.39 is 16.1 Å². The molecule has 0 aliphatic carbocycles. The number of amides is 1. The van der Waals surface area contributed by atoms with Crippen molar-refractivity contribution in [2.24, 2.45) is 5.92 Å². The molecule has 1 aromatic heterocycles. The molecule has 0 radical (unpaired) electrons. The van der Waals surface area contributed by atoms with Crippen LogP contribution in [0.3, 0.4) is 0 Å². The van der Waals surface area contributed by atoms with Gasteiger partial charge in [0.2, 0.25) is 15.9 Å². The van der Waals surface area contributed by atoms with Crippen molar-refractivity contribution in [3.8, 4) is 0 Å². The second kappa shape index (κ2) is 6.72. The van der Waals surface area contributed by atoms with Crippen molar-refractivity contribution in [2.45, 2.75) is 32.9 Å². The molecule has 1 atom stereocenters. The Morgan fingerprint density at radius 3 is 2.58 bits per heavy atom. The van der Waals surface area contributed by atoms with Gasteiger partial charge in [-0.2, -0.15) is 0 Å². The molecule has 1 unspecified atom stereocenters. The van der Waals surface area contributed by atoms with Gasteiger partial charge in [0, 0.05) is 18.9 Å². The van der Waals surface area contributed by atoms with Gasteiger partial charge >= 0.3 is 0 Å². The molecule has 0 aromatic carbocycles. The standard InChI is InChI=1S/C12H21N3O3S/c1-9(2)6-11(15-19(3,17)18)12(16)14-8-10-4-5-13-7-10/h4-5,7,9,11,13,15H,6,8H2,1-3H3,(H,14,16). The predicted molar refractivity (Wildman–Crippen MR) is 73.9 cm³/mol. The van der Waals surface area contributed by atoms with E-state index in [4.69, 9.17) is 0 Å². The first-order valence-corrected chi connectivity index (χ1v) is 8.03. The second-order valence-electron chi connectivity index (χ2n) is 5.01. The van der Waals surface area contributed by atoms with Gasteiger partial charge in [-0.3, -0.25) is 4.79 Å². The SMILES string of the molecule is CC(C)CC(NS(C)(=O)=O)C(=O)NCc1cc[nH]c1. The molecular weight excluding hydrogens is 266 g/mol. The summed E-state index contributed by atoms with van der Waals surface area (Å²) < 4.78 is 24.9. The number of aromatic amines is 1. The van der Waals surface area contributed by atoms with Gasteiger partial charge in [0.1, 0.15) is 6.04 Å². The van der Waals surface area contributed by atoms with Crippen molar-refractivity contribution < 1.29 is 13.2 Å². The van der Waals surface area contributed by atoms with Crippen LogP contribution in [0.5, 0.6) is 0 Å². The van der Waals surface area contributed by atoms with Gasteiger partial charge in [-0.15, -0.1) is 0 Å². The highest BCUT2D eigenvalue weighted by Gasteiger charge is 2.22. The topological polar surface area (TPSA) is 91.1 Å². The molecule has 6 nitrogen and oxygen atoms in total. The summed E-state index contributed by atoms with van der Waals surface area (Å²) in [7, 11) is -3.40. The van der Waals surface area contributed by atoms with Crippen LogP contribution in [0.4, 0.5) is 0 Å². The van der Waals surface area contributed by atoms with Crippen LogP contribution in [0, 0.1) is 5.92 Å². The number of H-pyrrole nitrogens is 1. The number of nitrogens with one attached hydrogen (secondary N) is 3. The van der Waals surface area contributed by atoms with Crippen LogP contribution in [0.15, 0.2) is 18.5 Å². The van der Waals surface area contributed by atoms with Crippen molar-refractivity contribution >= 4 is 15.9 Å². The Hall–Kier alpha value is -1.34. The third kappa shape index (κ3) is 6.40. The lowest BCUT2D eigenvalue weighted by atomic mass is 10.0. The van der Waals surface area contributed by atoms with Crippen LogP contribution in [-0.4, -0.2) is 31.6 Å². The smallest absolute Gasteiger partial charge is 0.238 e. The maximum Gasteiger partial charge on any atom is 0.238 e. The molecule has 0 fully saturated rings. The molecule has 0 aliphatic rings. The highest BCUT2D eigenvalue weighted by Crippen LogP contribution is 2.06.